The van der Waals surface area contributed by atoms with Gasteiger partial charge in [0.15, 0.2) is 0 Å². The van der Waals surface area contributed by atoms with Crippen molar-refractivity contribution in [3.05, 3.63) is 28.9 Å². The van der Waals surface area contributed by atoms with Crippen molar-refractivity contribution >= 4 is 22.5 Å². The van der Waals surface area contributed by atoms with E-state index in [1.807, 2.05) is 12.1 Å². The third kappa shape index (κ3) is 3.10. The first-order valence-corrected chi connectivity index (χ1v) is 7.64. The van der Waals surface area contributed by atoms with Gasteiger partial charge in [-0.3, -0.25) is 0 Å². The van der Waals surface area contributed by atoms with Crippen LogP contribution in [0.3, 0.4) is 0 Å². The molecular formula is C16H23ClN2O. The standard InChI is InChI=1S/C16H23ClN2O/c1-3-4-8-19-11-12(6-5-7-18)13-9-16(20-2)14(17)10-15(13)19/h9-11H,3-8,18H2,1-2H3. The summed E-state index contributed by atoms with van der Waals surface area (Å²) >= 11 is 6.26. The Morgan fingerprint density at radius 3 is 2.75 bits per heavy atom. The number of hydrogen-bond acceptors (Lipinski definition) is 2. The largest absolute Gasteiger partial charge is 0.495 e. The van der Waals surface area contributed by atoms with Crippen LogP contribution in [0.4, 0.5) is 0 Å². The maximum atomic E-state index is 6.26. The first kappa shape index (κ1) is 15.2. The summed E-state index contributed by atoms with van der Waals surface area (Å²) in [5, 5.41) is 1.90. The normalized spacial score (nSPS) is 11.2. The molecule has 0 aliphatic carbocycles. The number of rotatable bonds is 7. The summed E-state index contributed by atoms with van der Waals surface area (Å²) in [6.07, 6.45) is 6.59. The molecule has 3 nitrogen and oxygen atoms in total. The number of nitrogens with two attached hydrogens (primary N) is 1. The predicted molar refractivity (Wildman–Crippen MR) is 85.8 cm³/mol. The van der Waals surface area contributed by atoms with Gasteiger partial charge in [-0.1, -0.05) is 24.9 Å². The Morgan fingerprint density at radius 1 is 1.30 bits per heavy atom. The van der Waals surface area contributed by atoms with Crippen molar-refractivity contribution in [3.8, 4) is 5.75 Å². The summed E-state index contributed by atoms with van der Waals surface area (Å²) < 4.78 is 7.64. The van der Waals surface area contributed by atoms with Crippen LogP contribution in [-0.2, 0) is 13.0 Å². The van der Waals surface area contributed by atoms with E-state index in [1.165, 1.54) is 29.3 Å². The maximum Gasteiger partial charge on any atom is 0.138 e. The number of fused-ring (bicyclic) bond motifs is 1. The second kappa shape index (κ2) is 7.00. The highest BCUT2D eigenvalue weighted by Crippen LogP contribution is 2.33. The molecule has 4 heteroatoms. The summed E-state index contributed by atoms with van der Waals surface area (Å²) in [6.45, 7) is 3.95. The zero-order valence-electron chi connectivity index (χ0n) is 12.3. The van der Waals surface area contributed by atoms with E-state index < -0.39 is 0 Å². The highest BCUT2D eigenvalue weighted by atomic mass is 35.5. The number of hydrogen-bond donors (Lipinski definition) is 1. The molecule has 0 bridgehead atoms. The van der Waals surface area contributed by atoms with E-state index in [9.17, 15) is 0 Å². The van der Waals surface area contributed by atoms with E-state index in [4.69, 9.17) is 22.1 Å². The monoisotopic (exact) mass is 294 g/mol. The summed E-state index contributed by atoms with van der Waals surface area (Å²) in [7, 11) is 1.65. The highest BCUT2D eigenvalue weighted by molar-refractivity contribution is 6.32. The first-order chi connectivity index (χ1) is 9.71. The molecule has 0 amide bonds. The molecule has 2 N–H and O–H groups in total. The van der Waals surface area contributed by atoms with Gasteiger partial charge in [0, 0.05) is 18.1 Å². The van der Waals surface area contributed by atoms with Gasteiger partial charge in [-0.05, 0) is 43.5 Å². The maximum absolute atomic E-state index is 6.26. The Bertz CT molecular complexity index is 577. The van der Waals surface area contributed by atoms with Gasteiger partial charge >= 0.3 is 0 Å². The average Bonchev–Trinajstić information content (AvgIpc) is 2.79. The van der Waals surface area contributed by atoms with Crippen LogP contribution in [0, 0.1) is 0 Å². The third-order valence-corrected chi connectivity index (χ3v) is 3.94. The van der Waals surface area contributed by atoms with E-state index in [0.29, 0.717) is 11.6 Å². The number of ether oxygens (including phenoxy) is 1. The molecule has 0 aliphatic rings. The van der Waals surface area contributed by atoms with Crippen LogP contribution in [0.2, 0.25) is 5.02 Å². The first-order valence-electron chi connectivity index (χ1n) is 7.26. The van der Waals surface area contributed by atoms with Crippen LogP contribution in [0.1, 0.15) is 31.7 Å². The van der Waals surface area contributed by atoms with Crippen molar-refractivity contribution < 1.29 is 4.74 Å². The third-order valence-electron chi connectivity index (χ3n) is 3.64. The Labute approximate surface area is 125 Å². The summed E-state index contributed by atoms with van der Waals surface area (Å²) in [4.78, 5) is 0. The van der Waals surface area contributed by atoms with Crippen molar-refractivity contribution in [1.29, 1.82) is 0 Å². The lowest BCUT2D eigenvalue weighted by Gasteiger charge is -2.07. The number of unbranched alkanes of at least 4 members (excludes halogenated alkanes) is 1. The van der Waals surface area contributed by atoms with Crippen LogP contribution in [0.5, 0.6) is 5.75 Å². The van der Waals surface area contributed by atoms with Crippen molar-refractivity contribution in [2.75, 3.05) is 13.7 Å². The second-order valence-corrected chi connectivity index (χ2v) is 5.50. The van der Waals surface area contributed by atoms with Crippen molar-refractivity contribution in [1.82, 2.24) is 4.57 Å². The Balaban J connectivity index is 2.48. The van der Waals surface area contributed by atoms with Crippen LogP contribution in [0.25, 0.3) is 10.9 Å². The minimum atomic E-state index is 0.668. The Kier molecular flexibility index (Phi) is 5.32. The van der Waals surface area contributed by atoms with Gasteiger partial charge in [0.25, 0.3) is 0 Å². The molecule has 1 aromatic heterocycles. The number of benzene rings is 1. The van der Waals surface area contributed by atoms with Gasteiger partial charge in [0.05, 0.1) is 17.6 Å². The number of halogens is 1. The van der Waals surface area contributed by atoms with E-state index in [2.05, 4.69) is 17.7 Å². The number of aromatic nitrogens is 1. The predicted octanol–water partition coefficient (Wildman–Crippen LogP) is 3.99. The van der Waals surface area contributed by atoms with Crippen molar-refractivity contribution in [2.45, 2.75) is 39.2 Å². The summed E-state index contributed by atoms with van der Waals surface area (Å²) in [5.74, 6) is 0.737. The van der Waals surface area contributed by atoms with Gasteiger partial charge < -0.3 is 15.0 Å². The minimum Gasteiger partial charge on any atom is -0.495 e. The van der Waals surface area contributed by atoms with E-state index in [0.717, 1.165) is 25.1 Å². The highest BCUT2D eigenvalue weighted by Gasteiger charge is 2.12. The van der Waals surface area contributed by atoms with Gasteiger partial charge in [-0.15, -0.1) is 0 Å². The average molecular weight is 295 g/mol. The second-order valence-electron chi connectivity index (χ2n) is 5.10. The zero-order chi connectivity index (χ0) is 14.5. The Morgan fingerprint density at radius 2 is 2.10 bits per heavy atom. The van der Waals surface area contributed by atoms with Crippen LogP contribution in [0.15, 0.2) is 18.3 Å². The van der Waals surface area contributed by atoms with Crippen LogP contribution in [-0.4, -0.2) is 18.2 Å². The number of aryl methyl sites for hydroxylation is 2. The molecule has 0 radical (unpaired) electrons. The zero-order valence-corrected chi connectivity index (χ0v) is 13.0. The SMILES string of the molecule is CCCCn1cc(CCCN)c2cc(OC)c(Cl)cc21. The lowest BCUT2D eigenvalue weighted by Crippen LogP contribution is -2.00. The fourth-order valence-electron chi connectivity index (χ4n) is 2.53. The molecule has 0 unspecified atom stereocenters. The molecule has 1 heterocycles. The molecule has 0 aliphatic heterocycles. The molecule has 20 heavy (non-hydrogen) atoms. The minimum absolute atomic E-state index is 0.668. The summed E-state index contributed by atoms with van der Waals surface area (Å²) in [6, 6.07) is 4.06. The molecule has 2 aromatic rings. The van der Waals surface area contributed by atoms with Crippen molar-refractivity contribution in [2.24, 2.45) is 5.73 Å². The fraction of sp³-hybridized carbons (Fsp3) is 0.500. The van der Waals surface area contributed by atoms with E-state index in [-0.39, 0.29) is 0 Å². The lowest BCUT2D eigenvalue weighted by atomic mass is 10.1. The molecule has 0 saturated heterocycles. The molecule has 0 spiro atoms. The molecular weight excluding hydrogens is 272 g/mol. The lowest BCUT2D eigenvalue weighted by molar-refractivity contribution is 0.415. The number of methoxy groups -OCH3 is 1. The molecule has 0 atom stereocenters. The van der Waals surface area contributed by atoms with Gasteiger partial charge in [0.1, 0.15) is 5.75 Å². The molecule has 2 rings (SSSR count). The molecule has 0 fully saturated rings. The fourth-order valence-corrected chi connectivity index (χ4v) is 2.76. The van der Waals surface area contributed by atoms with Crippen LogP contribution >= 0.6 is 11.6 Å². The number of nitrogens with zero attached hydrogens (tertiary/aromatic N) is 1. The Hall–Kier alpha value is -1.19. The van der Waals surface area contributed by atoms with Gasteiger partial charge in [-0.25, -0.2) is 0 Å². The van der Waals surface area contributed by atoms with Crippen LogP contribution < -0.4 is 10.5 Å². The van der Waals surface area contributed by atoms with E-state index >= 15 is 0 Å². The smallest absolute Gasteiger partial charge is 0.138 e. The summed E-state index contributed by atoms with van der Waals surface area (Å²) in [5.41, 5.74) is 8.16. The quantitative estimate of drug-likeness (QED) is 0.838. The van der Waals surface area contributed by atoms with E-state index in [1.54, 1.807) is 7.11 Å². The van der Waals surface area contributed by atoms with Gasteiger partial charge in [-0.2, -0.15) is 0 Å². The van der Waals surface area contributed by atoms with Crippen molar-refractivity contribution in [3.63, 3.8) is 0 Å². The van der Waals surface area contributed by atoms with Gasteiger partial charge in [0.2, 0.25) is 0 Å². The molecule has 110 valence electrons. The topological polar surface area (TPSA) is 40.2 Å². The molecule has 0 saturated carbocycles. The molecule has 1 aromatic carbocycles.